The number of aliphatic hydroxyl groups excluding tert-OH is 1. The van der Waals surface area contributed by atoms with Gasteiger partial charge in [0, 0.05) is 4.48 Å². The maximum atomic E-state index is 8.40. The Labute approximate surface area is 52.2 Å². The molecular weight excluding hydrogens is 156 g/mol. The third-order valence-electron chi connectivity index (χ3n) is 0.681. The van der Waals surface area contributed by atoms with Gasteiger partial charge in [0.25, 0.3) is 0 Å². The van der Waals surface area contributed by atoms with E-state index in [0.717, 1.165) is 10.1 Å². The quantitative estimate of drug-likeness (QED) is 0.626. The van der Waals surface area contributed by atoms with Crippen LogP contribution in [-0.4, -0.2) is 11.7 Å². The predicted octanol–water partition coefficient (Wildman–Crippen LogP) is 1.67. The molecule has 42 valence electrons. The van der Waals surface area contributed by atoms with E-state index in [1.165, 1.54) is 0 Å². The molecule has 0 heterocycles. The fraction of sp³-hybridized carbons (Fsp3) is 0.600. The van der Waals surface area contributed by atoms with Crippen LogP contribution in [0.2, 0.25) is 0 Å². The highest BCUT2D eigenvalue weighted by Crippen LogP contribution is 2.08. The van der Waals surface area contributed by atoms with Crippen molar-refractivity contribution >= 4 is 15.9 Å². The van der Waals surface area contributed by atoms with Gasteiger partial charge < -0.3 is 5.11 Å². The second-order valence-corrected chi connectivity index (χ2v) is 2.52. The minimum Gasteiger partial charge on any atom is -0.391 e. The third-order valence-corrected chi connectivity index (χ3v) is 1.73. The van der Waals surface area contributed by atoms with Gasteiger partial charge in [0.05, 0.1) is 6.61 Å². The molecule has 2 heteroatoms. The Balaban J connectivity index is 3.72. The van der Waals surface area contributed by atoms with Crippen LogP contribution in [0.4, 0.5) is 0 Å². The largest absolute Gasteiger partial charge is 0.391 e. The molecule has 0 rings (SSSR count). The van der Waals surface area contributed by atoms with Crippen LogP contribution < -0.4 is 0 Å². The number of hydrogen-bond acceptors (Lipinski definition) is 1. The lowest BCUT2D eigenvalue weighted by Crippen LogP contribution is -1.81. The monoisotopic (exact) mass is 164 g/mol. The van der Waals surface area contributed by atoms with Crippen LogP contribution in [0.1, 0.15) is 13.8 Å². The van der Waals surface area contributed by atoms with Crippen molar-refractivity contribution in [2.24, 2.45) is 0 Å². The van der Waals surface area contributed by atoms with Crippen molar-refractivity contribution in [1.82, 2.24) is 0 Å². The van der Waals surface area contributed by atoms with Crippen LogP contribution >= 0.6 is 15.9 Å². The van der Waals surface area contributed by atoms with Crippen molar-refractivity contribution in [3.05, 3.63) is 10.1 Å². The van der Waals surface area contributed by atoms with Gasteiger partial charge in [-0.05, 0) is 13.8 Å². The highest BCUT2D eigenvalue weighted by molar-refractivity contribution is 9.11. The first-order valence-corrected chi connectivity index (χ1v) is 2.90. The molecule has 0 atom stereocenters. The Morgan fingerprint density at radius 3 is 2.00 bits per heavy atom. The lowest BCUT2D eigenvalue weighted by Gasteiger charge is -1.91. The summed E-state index contributed by atoms with van der Waals surface area (Å²) in [5, 5.41) is 8.40. The first-order valence-electron chi connectivity index (χ1n) is 2.11. The summed E-state index contributed by atoms with van der Waals surface area (Å²) in [5.41, 5.74) is 1.13. The normalized spacial score (nSPS) is 8.57. The summed E-state index contributed by atoms with van der Waals surface area (Å²) in [5.74, 6) is 0. The van der Waals surface area contributed by atoms with Gasteiger partial charge in [0.15, 0.2) is 0 Å². The highest BCUT2D eigenvalue weighted by atomic mass is 79.9. The Kier molecular flexibility index (Phi) is 3.30. The molecule has 0 aromatic rings. The van der Waals surface area contributed by atoms with Gasteiger partial charge in [-0.25, -0.2) is 0 Å². The van der Waals surface area contributed by atoms with Crippen molar-refractivity contribution in [2.45, 2.75) is 13.8 Å². The van der Waals surface area contributed by atoms with Crippen LogP contribution in [0, 0.1) is 0 Å². The van der Waals surface area contributed by atoms with E-state index >= 15 is 0 Å². The fourth-order valence-corrected chi connectivity index (χ4v) is 0.158. The zero-order chi connectivity index (χ0) is 5.86. The maximum absolute atomic E-state index is 8.40. The first kappa shape index (κ1) is 7.18. The minimum atomic E-state index is 0.113. The average Bonchev–Trinajstić information content (AvgIpc) is 1.65. The van der Waals surface area contributed by atoms with Crippen molar-refractivity contribution in [2.75, 3.05) is 6.61 Å². The van der Waals surface area contributed by atoms with Crippen LogP contribution in [0.3, 0.4) is 0 Å². The van der Waals surface area contributed by atoms with Gasteiger partial charge in [0.1, 0.15) is 0 Å². The smallest absolute Gasteiger partial charge is 0.0746 e. The van der Waals surface area contributed by atoms with Gasteiger partial charge in [-0.2, -0.15) is 0 Å². The van der Waals surface area contributed by atoms with Gasteiger partial charge in [-0.1, -0.05) is 21.5 Å². The summed E-state index contributed by atoms with van der Waals surface area (Å²) in [6.07, 6.45) is 0. The van der Waals surface area contributed by atoms with Crippen LogP contribution in [-0.2, 0) is 0 Å². The highest BCUT2D eigenvalue weighted by Gasteiger charge is 1.86. The lowest BCUT2D eigenvalue weighted by atomic mass is 10.3. The van der Waals surface area contributed by atoms with E-state index in [0.29, 0.717) is 0 Å². The number of rotatable bonds is 1. The van der Waals surface area contributed by atoms with Crippen LogP contribution in [0.15, 0.2) is 10.1 Å². The summed E-state index contributed by atoms with van der Waals surface area (Å²) in [7, 11) is 0. The van der Waals surface area contributed by atoms with E-state index in [-0.39, 0.29) is 6.61 Å². The topological polar surface area (TPSA) is 20.2 Å². The molecule has 0 saturated heterocycles. The van der Waals surface area contributed by atoms with E-state index in [1.807, 2.05) is 13.8 Å². The molecule has 0 aromatic carbocycles. The Bertz CT molecular complexity index is 82.1. The molecule has 1 nitrogen and oxygen atoms in total. The van der Waals surface area contributed by atoms with E-state index in [2.05, 4.69) is 15.9 Å². The van der Waals surface area contributed by atoms with Crippen molar-refractivity contribution in [1.29, 1.82) is 0 Å². The number of halogens is 1. The number of allylic oxidation sites excluding steroid dienone is 1. The van der Waals surface area contributed by atoms with Gasteiger partial charge in [-0.3, -0.25) is 0 Å². The maximum Gasteiger partial charge on any atom is 0.0746 e. The Hall–Kier alpha value is 0.180. The molecule has 0 bridgehead atoms. The molecule has 0 saturated carbocycles. The van der Waals surface area contributed by atoms with E-state index in [4.69, 9.17) is 5.11 Å². The van der Waals surface area contributed by atoms with E-state index < -0.39 is 0 Å². The fourth-order valence-electron chi connectivity index (χ4n) is 0.158. The van der Waals surface area contributed by atoms with Crippen molar-refractivity contribution in [3.63, 3.8) is 0 Å². The van der Waals surface area contributed by atoms with Crippen molar-refractivity contribution < 1.29 is 5.11 Å². The van der Waals surface area contributed by atoms with Gasteiger partial charge in [-0.15, -0.1) is 0 Å². The Morgan fingerprint density at radius 2 is 2.00 bits per heavy atom. The van der Waals surface area contributed by atoms with Gasteiger partial charge >= 0.3 is 0 Å². The van der Waals surface area contributed by atoms with E-state index in [1.54, 1.807) is 0 Å². The summed E-state index contributed by atoms with van der Waals surface area (Å²) < 4.78 is 0.882. The van der Waals surface area contributed by atoms with Gasteiger partial charge in [0.2, 0.25) is 0 Å². The number of aliphatic hydroxyl groups is 1. The third kappa shape index (κ3) is 2.83. The molecular formula is C5H9BrO. The van der Waals surface area contributed by atoms with E-state index in [9.17, 15) is 0 Å². The van der Waals surface area contributed by atoms with Crippen molar-refractivity contribution in [3.8, 4) is 0 Å². The molecule has 0 amide bonds. The zero-order valence-corrected chi connectivity index (χ0v) is 6.12. The molecule has 0 aliphatic rings. The Morgan fingerprint density at radius 1 is 1.57 bits per heavy atom. The van der Waals surface area contributed by atoms with Crippen LogP contribution in [0.5, 0.6) is 0 Å². The molecule has 1 N–H and O–H groups in total. The molecule has 7 heavy (non-hydrogen) atoms. The summed E-state index contributed by atoms with van der Waals surface area (Å²) in [6.45, 7) is 4.00. The molecule has 0 aliphatic carbocycles. The minimum absolute atomic E-state index is 0.113. The zero-order valence-electron chi connectivity index (χ0n) is 4.53. The summed E-state index contributed by atoms with van der Waals surface area (Å²) in [4.78, 5) is 0. The molecule has 0 spiro atoms. The second-order valence-electron chi connectivity index (χ2n) is 1.56. The number of hydrogen-bond donors (Lipinski definition) is 1. The average molecular weight is 165 g/mol. The molecule has 0 unspecified atom stereocenters. The molecule has 0 aliphatic heterocycles. The first-order chi connectivity index (χ1) is 3.18. The molecule has 0 radical (unpaired) electrons. The predicted molar refractivity (Wildman–Crippen MR) is 34.4 cm³/mol. The summed E-state index contributed by atoms with van der Waals surface area (Å²) in [6, 6.07) is 0. The summed E-state index contributed by atoms with van der Waals surface area (Å²) >= 11 is 3.17. The van der Waals surface area contributed by atoms with Crippen LogP contribution in [0.25, 0.3) is 0 Å². The molecule has 0 aromatic heterocycles. The standard InChI is InChI=1S/C5H9BrO/c1-4(2)5(6)3-7/h7H,3H2,1-2H3. The second kappa shape index (κ2) is 3.22. The lowest BCUT2D eigenvalue weighted by molar-refractivity contribution is 0.339. The molecule has 0 fully saturated rings. The SMILES string of the molecule is CC(C)=C(Br)CO.